The van der Waals surface area contributed by atoms with Crippen molar-refractivity contribution in [3.8, 4) is 0 Å². The maximum atomic E-state index is 12.1. The minimum absolute atomic E-state index is 0.0785. The molecule has 0 aromatic carbocycles. The molecule has 2 N–H and O–H groups in total. The van der Waals surface area contributed by atoms with Crippen molar-refractivity contribution >= 4 is 29.7 Å². The third-order valence-corrected chi connectivity index (χ3v) is 4.33. The van der Waals surface area contributed by atoms with E-state index < -0.39 is 18.0 Å². The van der Waals surface area contributed by atoms with Gasteiger partial charge in [-0.3, -0.25) is 9.69 Å². The molecular formula is C12H20N2O5S. The Morgan fingerprint density at radius 2 is 2.10 bits per heavy atom. The number of rotatable bonds is 6. The zero-order valence-electron chi connectivity index (χ0n) is 11.6. The second kappa shape index (κ2) is 7.98. The lowest BCUT2D eigenvalue weighted by Gasteiger charge is -2.26. The van der Waals surface area contributed by atoms with Gasteiger partial charge in [0, 0.05) is 12.3 Å². The van der Waals surface area contributed by atoms with Gasteiger partial charge in [0.25, 0.3) is 0 Å². The van der Waals surface area contributed by atoms with Gasteiger partial charge in [0.05, 0.1) is 18.4 Å². The predicted octanol–water partition coefficient (Wildman–Crippen LogP) is 0.887. The number of urea groups is 1. The van der Waals surface area contributed by atoms with E-state index >= 15 is 0 Å². The molecule has 0 radical (unpaired) electrons. The zero-order valence-corrected chi connectivity index (χ0v) is 12.4. The quantitative estimate of drug-likeness (QED) is 0.707. The third-order valence-electron chi connectivity index (χ3n) is 2.87. The lowest BCUT2D eigenvalue weighted by Crippen LogP contribution is -2.50. The van der Waals surface area contributed by atoms with Gasteiger partial charge in [-0.1, -0.05) is 6.92 Å². The molecule has 20 heavy (non-hydrogen) atoms. The average Bonchev–Trinajstić information content (AvgIpc) is 2.82. The van der Waals surface area contributed by atoms with Crippen molar-refractivity contribution in [3.63, 3.8) is 0 Å². The Morgan fingerprint density at radius 3 is 2.65 bits per heavy atom. The van der Waals surface area contributed by atoms with Gasteiger partial charge >= 0.3 is 18.0 Å². The van der Waals surface area contributed by atoms with E-state index in [1.165, 1.54) is 16.7 Å². The fraction of sp³-hybridized carbons (Fsp3) is 0.750. The summed E-state index contributed by atoms with van der Waals surface area (Å²) < 4.78 is 4.75. The fourth-order valence-corrected chi connectivity index (χ4v) is 3.28. The number of carbonyl (C=O) groups excluding carboxylic acids is 2. The van der Waals surface area contributed by atoms with Gasteiger partial charge in [0.15, 0.2) is 0 Å². The Balaban J connectivity index is 2.50. The van der Waals surface area contributed by atoms with E-state index in [4.69, 9.17) is 9.84 Å². The fourth-order valence-electron chi connectivity index (χ4n) is 1.94. The molecule has 0 aliphatic carbocycles. The number of amides is 2. The highest BCUT2D eigenvalue weighted by atomic mass is 32.2. The first-order chi connectivity index (χ1) is 9.51. The Morgan fingerprint density at radius 1 is 1.40 bits per heavy atom. The lowest BCUT2D eigenvalue weighted by atomic mass is 10.3. The van der Waals surface area contributed by atoms with E-state index in [9.17, 15) is 14.4 Å². The van der Waals surface area contributed by atoms with Crippen LogP contribution in [0.25, 0.3) is 0 Å². The monoisotopic (exact) mass is 304 g/mol. The van der Waals surface area contributed by atoms with Crippen molar-refractivity contribution in [2.24, 2.45) is 0 Å². The second-order valence-corrected chi connectivity index (χ2v) is 5.46. The van der Waals surface area contributed by atoms with Crippen LogP contribution in [0.5, 0.6) is 0 Å². The molecule has 1 saturated heterocycles. The van der Waals surface area contributed by atoms with Gasteiger partial charge in [-0.05, 0) is 13.3 Å². The molecule has 1 heterocycles. The summed E-state index contributed by atoms with van der Waals surface area (Å²) in [6, 6.07) is -1.26. The number of carboxylic acid groups (broad SMARTS) is 1. The predicted molar refractivity (Wildman–Crippen MR) is 74.4 cm³/mol. The number of hydrogen-bond acceptors (Lipinski definition) is 5. The van der Waals surface area contributed by atoms with E-state index in [2.05, 4.69) is 5.32 Å². The average molecular weight is 304 g/mol. The number of carbonyl (C=O) groups is 3. The summed E-state index contributed by atoms with van der Waals surface area (Å²) in [5.41, 5.74) is 0. The Labute approximate surface area is 122 Å². The molecule has 0 saturated carbocycles. The van der Waals surface area contributed by atoms with Crippen LogP contribution in [0.4, 0.5) is 4.79 Å². The molecule has 8 heteroatoms. The van der Waals surface area contributed by atoms with E-state index in [0.717, 1.165) is 0 Å². The summed E-state index contributed by atoms with van der Waals surface area (Å²) in [6.07, 6.45) is 0.759. The Bertz CT molecular complexity index is 377. The van der Waals surface area contributed by atoms with Crippen molar-refractivity contribution in [1.82, 2.24) is 10.2 Å². The molecule has 2 atom stereocenters. The van der Waals surface area contributed by atoms with Crippen molar-refractivity contribution in [1.29, 1.82) is 0 Å². The molecule has 2 unspecified atom stereocenters. The Hall–Kier alpha value is -1.44. The highest BCUT2D eigenvalue weighted by Crippen LogP contribution is 2.31. The third kappa shape index (κ3) is 4.29. The topological polar surface area (TPSA) is 95.9 Å². The summed E-state index contributed by atoms with van der Waals surface area (Å²) in [6.45, 7) is 4.05. The summed E-state index contributed by atoms with van der Waals surface area (Å²) in [5.74, 6) is -1.00. The molecule has 0 aromatic rings. The number of carboxylic acids is 1. The van der Waals surface area contributed by atoms with Crippen LogP contribution >= 0.6 is 11.8 Å². The van der Waals surface area contributed by atoms with E-state index in [1.807, 2.05) is 6.92 Å². The maximum absolute atomic E-state index is 12.1. The molecule has 114 valence electrons. The van der Waals surface area contributed by atoms with Gasteiger partial charge in [0.1, 0.15) is 6.04 Å². The van der Waals surface area contributed by atoms with Crippen molar-refractivity contribution in [3.05, 3.63) is 0 Å². The van der Waals surface area contributed by atoms with E-state index in [1.54, 1.807) is 6.92 Å². The molecule has 1 aliphatic rings. The van der Waals surface area contributed by atoms with Crippen LogP contribution in [-0.2, 0) is 14.3 Å². The van der Waals surface area contributed by atoms with Gasteiger partial charge < -0.3 is 15.2 Å². The molecule has 2 amide bonds. The summed E-state index contributed by atoms with van der Waals surface area (Å²) in [7, 11) is 0. The van der Waals surface area contributed by atoms with Crippen LogP contribution in [0.2, 0.25) is 0 Å². The number of hydrogen-bond donors (Lipinski definition) is 2. The smallest absolute Gasteiger partial charge is 0.327 e. The minimum Gasteiger partial charge on any atom is -0.480 e. The van der Waals surface area contributed by atoms with Crippen LogP contribution in [0.3, 0.4) is 0 Å². The van der Waals surface area contributed by atoms with Crippen molar-refractivity contribution < 1.29 is 24.2 Å². The summed E-state index contributed by atoms with van der Waals surface area (Å²) >= 11 is 1.46. The first-order valence-electron chi connectivity index (χ1n) is 6.57. The molecule has 1 aliphatic heterocycles. The van der Waals surface area contributed by atoms with Crippen LogP contribution in [0, 0.1) is 0 Å². The molecule has 7 nitrogen and oxygen atoms in total. The van der Waals surface area contributed by atoms with Crippen molar-refractivity contribution in [2.45, 2.75) is 38.1 Å². The standard InChI is InChI=1S/C12H20N2O5S/c1-3-9-14(8(7-20-9)11(16)17)12(18)13-6-5-10(15)19-4-2/h8-9H,3-7H2,1-2H3,(H,13,18)(H,16,17). The van der Waals surface area contributed by atoms with Gasteiger partial charge in [-0.15, -0.1) is 11.8 Å². The number of esters is 1. The van der Waals surface area contributed by atoms with Gasteiger partial charge in [-0.25, -0.2) is 9.59 Å². The molecule has 0 bridgehead atoms. The van der Waals surface area contributed by atoms with Crippen LogP contribution in [0.1, 0.15) is 26.7 Å². The normalized spacial score (nSPS) is 21.6. The SMILES string of the molecule is CCOC(=O)CCNC(=O)N1C(CC)SCC1C(=O)O. The highest BCUT2D eigenvalue weighted by Gasteiger charge is 2.40. The minimum atomic E-state index is -1.01. The molecule has 1 rings (SSSR count). The van der Waals surface area contributed by atoms with Crippen LogP contribution < -0.4 is 5.32 Å². The molecule has 1 fully saturated rings. The lowest BCUT2D eigenvalue weighted by molar-refractivity contribution is -0.143. The van der Waals surface area contributed by atoms with Crippen molar-refractivity contribution in [2.75, 3.05) is 18.9 Å². The number of ether oxygens (including phenoxy) is 1. The molecule has 0 spiro atoms. The largest absolute Gasteiger partial charge is 0.480 e. The highest BCUT2D eigenvalue weighted by molar-refractivity contribution is 8.00. The van der Waals surface area contributed by atoms with Crippen LogP contribution in [-0.4, -0.2) is 58.3 Å². The Kier molecular flexibility index (Phi) is 6.63. The van der Waals surface area contributed by atoms with Crippen LogP contribution in [0.15, 0.2) is 0 Å². The van der Waals surface area contributed by atoms with Gasteiger partial charge in [-0.2, -0.15) is 0 Å². The zero-order chi connectivity index (χ0) is 15.1. The number of thioether (sulfide) groups is 1. The number of nitrogens with one attached hydrogen (secondary N) is 1. The number of aliphatic carboxylic acids is 1. The van der Waals surface area contributed by atoms with E-state index in [0.29, 0.717) is 18.8 Å². The first-order valence-corrected chi connectivity index (χ1v) is 7.62. The second-order valence-electron chi connectivity index (χ2n) is 4.24. The summed E-state index contributed by atoms with van der Waals surface area (Å²) in [4.78, 5) is 35.7. The summed E-state index contributed by atoms with van der Waals surface area (Å²) in [5, 5.41) is 11.6. The molecule has 0 aromatic heterocycles. The number of nitrogens with zero attached hydrogens (tertiary/aromatic N) is 1. The van der Waals surface area contributed by atoms with Gasteiger partial charge in [0.2, 0.25) is 0 Å². The maximum Gasteiger partial charge on any atom is 0.327 e. The molecular weight excluding hydrogens is 284 g/mol. The first kappa shape index (κ1) is 16.6. The van der Waals surface area contributed by atoms with E-state index in [-0.39, 0.29) is 24.3 Å².